The molecule has 2 amide bonds. The molecule has 3 aromatic rings. The maximum atomic E-state index is 14.0. The molecule has 2 aromatic carbocycles. The van der Waals surface area contributed by atoms with Crippen molar-refractivity contribution in [3.05, 3.63) is 54.1 Å². The summed E-state index contributed by atoms with van der Waals surface area (Å²) in [5.41, 5.74) is 2.09. The van der Waals surface area contributed by atoms with E-state index in [9.17, 15) is 14.0 Å². The monoisotopic (exact) mass is 413 g/mol. The zero-order valence-corrected chi connectivity index (χ0v) is 16.3. The van der Waals surface area contributed by atoms with Gasteiger partial charge in [0.25, 0.3) is 0 Å². The van der Waals surface area contributed by atoms with E-state index >= 15 is 0 Å². The van der Waals surface area contributed by atoms with E-state index in [0.717, 1.165) is 5.56 Å². The summed E-state index contributed by atoms with van der Waals surface area (Å²) in [6.45, 7) is 1.41. The van der Waals surface area contributed by atoms with Gasteiger partial charge in [-0.3, -0.25) is 9.59 Å². The van der Waals surface area contributed by atoms with Gasteiger partial charge < -0.3 is 20.7 Å². The highest BCUT2D eigenvalue weighted by molar-refractivity contribution is 5.96. The highest BCUT2D eigenvalue weighted by atomic mass is 19.1. The lowest BCUT2D eigenvalue weighted by atomic mass is 10.2. The molecule has 0 saturated carbocycles. The standard InChI is InChI=1S/C19H20FN7O3/c1-12-3-6-17(30-2)16(7-12)24-19(29)10-22-18(28)9-21-15-8-13(4-5-14(15)20)27-11-23-25-26-27/h3-8,11,21H,9-10H2,1-2H3,(H,22,28)(H,24,29). The van der Waals surface area contributed by atoms with Crippen LogP contribution in [-0.4, -0.2) is 52.2 Å². The Morgan fingerprint density at radius 1 is 1.10 bits per heavy atom. The van der Waals surface area contributed by atoms with Gasteiger partial charge in [-0.2, -0.15) is 0 Å². The number of aromatic nitrogens is 4. The summed E-state index contributed by atoms with van der Waals surface area (Å²) in [5, 5.41) is 18.6. The SMILES string of the molecule is COc1ccc(C)cc1NC(=O)CNC(=O)CNc1cc(-n2cnnn2)ccc1F. The number of carbonyl (C=O) groups is 2. The van der Waals surface area contributed by atoms with Gasteiger partial charge in [0, 0.05) is 0 Å². The smallest absolute Gasteiger partial charge is 0.243 e. The Bertz CT molecular complexity index is 1040. The van der Waals surface area contributed by atoms with E-state index in [4.69, 9.17) is 4.74 Å². The molecule has 0 bridgehead atoms. The van der Waals surface area contributed by atoms with E-state index in [1.54, 1.807) is 12.1 Å². The van der Waals surface area contributed by atoms with E-state index in [0.29, 0.717) is 17.1 Å². The van der Waals surface area contributed by atoms with Gasteiger partial charge in [-0.25, -0.2) is 9.07 Å². The van der Waals surface area contributed by atoms with E-state index in [-0.39, 0.29) is 18.8 Å². The molecule has 1 heterocycles. The molecule has 0 aliphatic rings. The van der Waals surface area contributed by atoms with Gasteiger partial charge in [0.15, 0.2) is 0 Å². The normalized spacial score (nSPS) is 10.4. The molecule has 30 heavy (non-hydrogen) atoms. The minimum Gasteiger partial charge on any atom is -0.495 e. The Hall–Kier alpha value is -4.02. The second kappa shape index (κ2) is 9.45. The third kappa shape index (κ3) is 5.28. The fourth-order valence-electron chi connectivity index (χ4n) is 2.60. The Morgan fingerprint density at radius 2 is 1.93 bits per heavy atom. The topological polar surface area (TPSA) is 123 Å². The van der Waals surface area contributed by atoms with E-state index < -0.39 is 17.6 Å². The summed E-state index contributed by atoms with van der Waals surface area (Å²) >= 11 is 0. The number of methoxy groups -OCH3 is 1. The molecule has 156 valence electrons. The van der Waals surface area contributed by atoms with E-state index in [2.05, 4.69) is 31.5 Å². The summed E-state index contributed by atoms with van der Waals surface area (Å²) in [7, 11) is 1.50. The predicted molar refractivity (Wildman–Crippen MR) is 107 cm³/mol. The Kier molecular flexibility index (Phi) is 6.53. The first kappa shape index (κ1) is 20.7. The van der Waals surface area contributed by atoms with Crippen molar-refractivity contribution in [1.29, 1.82) is 0 Å². The zero-order chi connectivity index (χ0) is 21.5. The number of aryl methyl sites for hydroxylation is 1. The second-order valence-corrected chi connectivity index (χ2v) is 6.30. The maximum absolute atomic E-state index is 14.0. The van der Waals surface area contributed by atoms with Crippen LogP contribution in [0.3, 0.4) is 0 Å². The molecule has 0 unspecified atom stereocenters. The van der Waals surface area contributed by atoms with Crippen LogP contribution in [0.15, 0.2) is 42.7 Å². The van der Waals surface area contributed by atoms with Crippen LogP contribution in [0.25, 0.3) is 5.69 Å². The number of anilines is 2. The van der Waals surface area contributed by atoms with Gasteiger partial charge >= 0.3 is 0 Å². The molecular weight excluding hydrogens is 393 g/mol. The fourth-order valence-corrected chi connectivity index (χ4v) is 2.60. The third-order valence-electron chi connectivity index (χ3n) is 4.08. The third-order valence-corrected chi connectivity index (χ3v) is 4.08. The van der Waals surface area contributed by atoms with Crippen LogP contribution in [-0.2, 0) is 9.59 Å². The molecule has 3 N–H and O–H groups in total. The van der Waals surface area contributed by atoms with Crippen molar-refractivity contribution < 1.29 is 18.7 Å². The first-order valence-electron chi connectivity index (χ1n) is 8.94. The van der Waals surface area contributed by atoms with Gasteiger partial charge in [0.05, 0.1) is 37.3 Å². The number of nitrogens with zero attached hydrogens (tertiary/aromatic N) is 4. The minimum atomic E-state index is -0.538. The summed E-state index contributed by atoms with van der Waals surface area (Å²) < 4.78 is 20.5. The number of ether oxygens (including phenoxy) is 1. The van der Waals surface area contributed by atoms with Crippen LogP contribution < -0.4 is 20.7 Å². The molecule has 0 radical (unpaired) electrons. The Balaban J connectivity index is 1.51. The second-order valence-electron chi connectivity index (χ2n) is 6.30. The number of amides is 2. The van der Waals surface area contributed by atoms with Gasteiger partial charge in [-0.1, -0.05) is 6.07 Å². The molecular formula is C19H20FN7O3. The maximum Gasteiger partial charge on any atom is 0.243 e. The predicted octanol–water partition coefficient (Wildman–Crippen LogP) is 1.29. The molecule has 11 heteroatoms. The van der Waals surface area contributed by atoms with Crippen LogP contribution in [0.2, 0.25) is 0 Å². The highest BCUT2D eigenvalue weighted by Crippen LogP contribution is 2.25. The van der Waals surface area contributed by atoms with E-state index in [1.165, 1.54) is 36.3 Å². The van der Waals surface area contributed by atoms with Crippen molar-refractivity contribution in [3.63, 3.8) is 0 Å². The van der Waals surface area contributed by atoms with Crippen molar-refractivity contribution in [1.82, 2.24) is 25.5 Å². The summed E-state index contributed by atoms with van der Waals surface area (Å²) in [6, 6.07) is 9.57. The molecule has 0 saturated heterocycles. The number of hydrogen-bond donors (Lipinski definition) is 3. The van der Waals surface area contributed by atoms with E-state index in [1.807, 2.05) is 13.0 Å². The number of tetrazole rings is 1. The number of nitrogens with one attached hydrogen (secondary N) is 3. The summed E-state index contributed by atoms with van der Waals surface area (Å²) in [6.07, 6.45) is 1.37. The summed E-state index contributed by atoms with van der Waals surface area (Å²) in [4.78, 5) is 24.2. The van der Waals surface area contributed by atoms with Crippen molar-refractivity contribution in [2.24, 2.45) is 0 Å². The Morgan fingerprint density at radius 3 is 2.67 bits per heavy atom. The first-order chi connectivity index (χ1) is 14.5. The minimum absolute atomic E-state index is 0.104. The number of rotatable bonds is 8. The van der Waals surface area contributed by atoms with Crippen molar-refractivity contribution >= 4 is 23.2 Å². The molecule has 0 fully saturated rings. The van der Waals surface area contributed by atoms with Crippen LogP contribution in [0.4, 0.5) is 15.8 Å². The van der Waals surface area contributed by atoms with Crippen LogP contribution in [0, 0.1) is 12.7 Å². The molecule has 0 spiro atoms. The number of benzene rings is 2. The highest BCUT2D eigenvalue weighted by Gasteiger charge is 2.11. The van der Waals surface area contributed by atoms with Crippen molar-refractivity contribution in [2.75, 3.05) is 30.8 Å². The molecule has 10 nitrogen and oxygen atoms in total. The molecule has 3 rings (SSSR count). The largest absolute Gasteiger partial charge is 0.495 e. The molecule has 0 aliphatic carbocycles. The van der Waals surface area contributed by atoms with Crippen LogP contribution in [0.5, 0.6) is 5.75 Å². The van der Waals surface area contributed by atoms with Gasteiger partial charge in [-0.05, 0) is 53.2 Å². The lowest BCUT2D eigenvalue weighted by Gasteiger charge is -2.12. The lowest BCUT2D eigenvalue weighted by Crippen LogP contribution is -2.36. The van der Waals surface area contributed by atoms with Crippen molar-refractivity contribution in [2.45, 2.75) is 6.92 Å². The number of carbonyl (C=O) groups excluding carboxylic acids is 2. The fraction of sp³-hybridized carbons (Fsp3) is 0.211. The van der Waals surface area contributed by atoms with Gasteiger partial charge in [0.1, 0.15) is 17.9 Å². The van der Waals surface area contributed by atoms with Crippen LogP contribution in [0.1, 0.15) is 5.56 Å². The average Bonchev–Trinajstić information content (AvgIpc) is 3.27. The van der Waals surface area contributed by atoms with Gasteiger partial charge in [0.2, 0.25) is 11.8 Å². The van der Waals surface area contributed by atoms with Crippen molar-refractivity contribution in [3.8, 4) is 11.4 Å². The molecule has 0 aliphatic heterocycles. The van der Waals surface area contributed by atoms with Crippen LogP contribution >= 0.6 is 0 Å². The lowest BCUT2D eigenvalue weighted by molar-refractivity contribution is -0.122. The molecule has 0 atom stereocenters. The average molecular weight is 413 g/mol. The quantitative estimate of drug-likeness (QED) is 0.508. The number of halogens is 1. The first-order valence-corrected chi connectivity index (χ1v) is 8.94. The Labute approximate surface area is 171 Å². The zero-order valence-electron chi connectivity index (χ0n) is 16.3. The summed E-state index contributed by atoms with van der Waals surface area (Å²) in [5.74, 6) is -0.920. The van der Waals surface area contributed by atoms with Gasteiger partial charge in [-0.15, -0.1) is 5.10 Å². The molecule has 1 aromatic heterocycles. The number of hydrogen-bond acceptors (Lipinski definition) is 7.